The fourth-order valence-electron chi connectivity index (χ4n) is 9.38. The number of hydrogen-bond acceptors (Lipinski definition) is 11. The van der Waals surface area contributed by atoms with E-state index in [1.165, 1.54) is 0 Å². The number of aryl methyl sites for hydroxylation is 1. The number of pyridine rings is 1. The predicted octanol–water partition coefficient (Wildman–Crippen LogP) is 6.49. The van der Waals surface area contributed by atoms with Crippen molar-refractivity contribution in [2.75, 3.05) is 51.7 Å². The van der Waals surface area contributed by atoms with Crippen LogP contribution in [0.15, 0.2) is 36.5 Å². The first-order chi connectivity index (χ1) is 26.0. The van der Waals surface area contributed by atoms with Gasteiger partial charge in [-0.2, -0.15) is 9.97 Å². The summed E-state index contributed by atoms with van der Waals surface area (Å²) in [6.07, 6.45) is 7.57. The molecule has 4 atom stereocenters. The molecular formula is C41H51FN6O6. The van der Waals surface area contributed by atoms with Crippen LogP contribution in [-0.4, -0.2) is 112 Å². The van der Waals surface area contributed by atoms with E-state index in [4.69, 9.17) is 33.9 Å². The first kappa shape index (κ1) is 36.6. The van der Waals surface area contributed by atoms with Gasteiger partial charge in [-0.05, 0) is 101 Å². The number of nitrogens with zero attached hydrogens (tertiary/aromatic N) is 6. The number of piperazine rings is 1. The van der Waals surface area contributed by atoms with Crippen LogP contribution >= 0.6 is 0 Å². The van der Waals surface area contributed by atoms with Gasteiger partial charge in [-0.1, -0.05) is 25.1 Å². The summed E-state index contributed by atoms with van der Waals surface area (Å²) in [5.41, 5.74) is 1.11. The molecule has 12 nitrogen and oxygen atoms in total. The van der Waals surface area contributed by atoms with Crippen LogP contribution in [0.25, 0.3) is 32.9 Å². The van der Waals surface area contributed by atoms with Gasteiger partial charge in [0.1, 0.15) is 35.0 Å². The van der Waals surface area contributed by atoms with Gasteiger partial charge in [0.05, 0.1) is 29.6 Å². The molecule has 2 aromatic carbocycles. The van der Waals surface area contributed by atoms with Gasteiger partial charge in [0.25, 0.3) is 0 Å². The zero-order valence-electron chi connectivity index (χ0n) is 31.9. The first-order valence-corrected chi connectivity index (χ1v) is 19.3. The summed E-state index contributed by atoms with van der Waals surface area (Å²) in [6, 6.07) is 9.82. The average Bonchev–Trinajstić information content (AvgIpc) is 3.81. The molecule has 2 unspecified atom stereocenters. The third kappa shape index (κ3) is 6.57. The molecule has 0 saturated carbocycles. The summed E-state index contributed by atoms with van der Waals surface area (Å²) in [5.74, 6) is 0.498. The fourth-order valence-corrected chi connectivity index (χ4v) is 9.38. The van der Waals surface area contributed by atoms with E-state index in [-0.39, 0.29) is 60.4 Å². The number of aliphatic hydroxyl groups is 1. The van der Waals surface area contributed by atoms with E-state index in [2.05, 4.69) is 16.7 Å². The molecule has 4 aliphatic heterocycles. The lowest BCUT2D eigenvalue weighted by atomic mass is 9.95. The van der Waals surface area contributed by atoms with E-state index in [0.717, 1.165) is 67.8 Å². The minimum Gasteiger partial charge on any atom is -0.468 e. The van der Waals surface area contributed by atoms with Crippen LogP contribution in [0.1, 0.15) is 71.8 Å². The van der Waals surface area contributed by atoms with Crippen LogP contribution in [0.5, 0.6) is 11.8 Å². The lowest BCUT2D eigenvalue weighted by Crippen LogP contribution is -2.57. The highest BCUT2D eigenvalue weighted by atomic mass is 19.1. The van der Waals surface area contributed by atoms with E-state index < -0.39 is 11.4 Å². The van der Waals surface area contributed by atoms with Crippen molar-refractivity contribution in [3.63, 3.8) is 0 Å². The molecule has 1 N–H and O–H groups in total. The van der Waals surface area contributed by atoms with E-state index in [0.29, 0.717) is 42.2 Å². The van der Waals surface area contributed by atoms with Crippen molar-refractivity contribution in [3.05, 3.63) is 47.9 Å². The number of amides is 1. The summed E-state index contributed by atoms with van der Waals surface area (Å²) >= 11 is 0. The van der Waals surface area contributed by atoms with Crippen LogP contribution in [0.4, 0.5) is 15.0 Å². The summed E-state index contributed by atoms with van der Waals surface area (Å²) in [5, 5.41) is 12.3. The molecule has 0 spiro atoms. The molecule has 2 aromatic heterocycles. The van der Waals surface area contributed by atoms with Crippen LogP contribution in [0, 0.1) is 5.82 Å². The quantitative estimate of drug-likeness (QED) is 0.180. The Bertz CT molecular complexity index is 2040. The Kier molecular flexibility index (Phi) is 9.76. The third-order valence-corrected chi connectivity index (χ3v) is 11.8. The molecule has 8 rings (SSSR count). The van der Waals surface area contributed by atoms with Gasteiger partial charge in [-0.25, -0.2) is 9.18 Å². The van der Waals surface area contributed by atoms with E-state index >= 15 is 4.39 Å². The van der Waals surface area contributed by atoms with Crippen molar-refractivity contribution in [1.29, 1.82) is 0 Å². The number of anilines is 1. The SMILES string of the molecule is CCc1cccc2cc(OCOC)cc(-c3ncc4c(N5CC6CCC(C5)N6C(=O)OC(C)(C)C)nc(OC[C@@]56CCCN5[C@H](CO)CC6)nc4c3F)c12. The summed E-state index contributed by atoms with van der Waals surface area (Å²) in [7, 11) is 1.56. The largest absolute Gasteiger partial charge is 0.468 e. The topological polar surface area (TPSA) is 123 Å². The smallest absolute Gasteiger partial charge is 0.410 e. The second kappa shape index (κ2) is 14.4. The molecule has 1 amide bonds. The number of hydrogen-bond donors (Lipinski definition) is 1. The zero-order valence-corrected chi connectivity index (χ0v) is 31.9. The number of carbonyl (C=O) groups is 1. The lowest BCUT2D eigenvalue weighted by Gasteiger charge is -2.42. The summed E-state index contributed by atoms with van der Waals surface area (Å²) in [6.45, 7) is 10.1. The van der Waals surface area contributed by atoms with E-state index in [1.54, 1.807) is 13.3 Å². The molecule has 2 bridgehead atoms. The number of carbonyl (C=O) groups excluding carboxylic acids is 1. The zero-order chi connectivity index (χ0) is 37.8. The molecule has 4 aliphatic rings. The standard InChI is InChI=1S/C41H51FN6O6/c1-6-25-9-7-10-26-17-30(53-24-51-5)18-31(33(25)26)35-34(42)36-32(19-43-35)37(46-20-27-11-12-28(21-46)48(27)39(50)54-40(2,3)4)45-38(44-36)52-23-41-14-8-16-47(41)29(22-49)13-15-41/h7,9-10,17-19,27-29,49H,6,8,11-16,20-24H2,1-5H3/t27?,28?,29-,41-/m0/s1. The Labute approximate surface area is 315 Å². The summed E-state index contributed by atoms with van der Waals surface area (Å²) in [4.78, 5) is 34.2. The number of ether oxygens (including phenoxy) is 4. The van der Waals surface area contributed by atoms with Crippen molar-refractivity contribution in [1.82, 2.24) is 24.8 Å². The molecule has 13 heteroatoms. The molecule has 4 saturated heterocycles. The van der Waals surface area contributed by atoms with Crippen LogP contribution in [-0.2, 0) is 15.9 Å². The molecule has 6 heterocycles. The second-order valence-electron chi connectivity index (χ2n) is 16.3. The number of rotatable bonds is 10. The van der Waals surface area contributed by atoms with Crippen molar-refractivity contribution in [2.45, 2.75) is 102 Å². The van der Waals surface area contributed by atoms with Crippen LogP contribution < -0.4 is 14.4 Å². The van der Waals surface area contributed by atoms with Crippen molar-refractivity contribution >= 4 is 33.6 Å². The van der Waals surface area contributed by atoms with Gasteiger partial charge in [0.15, 0.2) is 12.6 Å². The number of aliphatic hydroxyl groups excluding tert-OH is 1. The highest BCUT2D eigenvalue weighted by Gasteiger charge is 2.50. The molecule has 54 heavy (non-hydrogen) atoms. The highest BCUT2D eigenvalue weighted by molar-refractivity contribution is 6.01. The van der Waals surface area contributed by atoms with Gasteiger partial charge in [0, 0.05) is 38.0 Å². The number of benzene rings is 2. The Morgan fingerprint density at radius 1 is 1.07 bits per heavy atom. The second-order valence-corrected chi connectivity index (χ2v) is 16.3. The summed E-state index contributed by atoms with van der Waals surface area (Å²) < 4.78 is 40.7. The van der Waals surface area contributed by atoms with Gasteiger partial charge in [-0.15, -0.1) is 0 Å². The van der Waals surface area contributed by atoms with E-state index in [9.17, 15) is 9.90 Å². The maximum absolute atomic E-state index is 17.4. The fraction of sp³-hybridized carbons (Fsp3) is 0.561. The van der Waals surface area contributed by atoms with Crippen molar-refractivity contribution < 1.29 is 33.2 Å². The van der Waals surface area contributed by atoms with Gasteiger partial charge in [-0.3, -0.25) is 14.8 Å². The molecule has 4 aromatic rings. The number of fused-ring (bicyclic) bond motifs is 5. The van der Waals surface area contributed by atoms with Gasteiger partial charge in [0.2, 0.25) is 0 Å². The lowest BCUT2D eigenvalue weighted by molar-refractivity contribution is 0.0122. The van der Waals surface area contributed by atoms with E-state index in [1.807, 2.05) is 56.0 Å². The molecule has 0 aliphatic carbocycles. The van der Waals surface area contributed by atoms with Gasteiger partial charge < -0.3 is 29.0 Å². The molecule has 288 valence electrons. The minimum absolute atomic E-state index is 0.0461. The first-order valence-electron chi connectivity index (χ1n) is 19.3. The Morgan fingerprint density at radius 3 is 2.59 bits per heavy atom. The van der Waals surface area contributed by atoms with Crippen LogP contribution in [0.3, 0.4) is 0 Å². The maximum Gasteiger partial charge on any atom is 0.410 e. The Hall–Kier alpha value is -4.33. The molecular weight excluding hydrogens is 691 g/mol. The third-order valence-electron chi connectivity index (χ3n) is 11.8. The van der Waals surface area contributed by atoms with Crippen molar-refractivity contribution in [2.24, 2.45) is 0 Å². The predicted molar refractivity (Wildman–Crippen MR) is 203 cm³/mol. The average molecular weight is 743 g/mol. The number of methoxy groups -OCH3 is 1. The molecule has 0 radical (unpaired) electrons. The Morgan fingerprint density at radius 2 is 1.87 bits per heavy atom. The minimum atomic E-state index is -0.604. The van der Waals surface area contributed by atoms with Gasteiger partial charge >= 0.3 is 12.1 Å². The number of halogens is 1. The number of aromatic nitrogens is 3. The van der Waals surface area contributed by atoms with Crippen molar-refractivity contribution in [3.8, 4) is 23.0 Å². The van der Waals surface area contributed by atoms with Crippen LogP contribution in [0.2, 0.25) is 0 Å². The highest BCUT2D eigenvalue weighted by Crippen LogP contribution is 2.44. The normalized spacial score (nSPS) is 24.1. The Balaban J connectivity index is 1.22. The monoisotopic (exact) mass is 742 g/mol. The maximum atomic E-state index is 17.4. The molecule has 4 fully saturated rings.